The number of nitrogens with zero attached hydrogens (tertiary/aromatic N) is 1. The van der Waals surface area contributed by atoms with Gasteiger partial charge >= 0.3 is 11.9 Å². The van der Waals surface area contributed by atoms with Crippen molar-refractivity contribution in [3.8, 4) is 23.0 Å². The summed E-state index contributed by atoms with van der Waals surface area (Å²) in [5, 5.41) is 11.8. The van der Waals surface area contributed by atoms with Crippen molar-refractivity contribution < 1.29 is 47.9 Å². The molecule has 234 valence electrons. The molecule has 43 heavy (non-hydrogen) atoms. The highest BCUT2D eigenvalue weighted by atomic mass is 16.7. The third-order valence-electron chi connectivity index (χ3n) is 9.08. The molecule has 0 saturated heterocycles. The summed E-state index contributed by atoms with van der Waals surface area (Å²) in [6.07, 6.45) is 1.47. The van der Waals surface area contributed by atoms with Gasteiger partial charge in [-0.15, -0.1) is 0 Å². The van der Waals surface area contributed by atoms with E-state index in [0.717, 1.165) is 50.6 Å². The predicted molar refractivity (Wildman–Crippen MR) is 155 cm³/mol. The van der Waals surface area contributed by atoms with Crippen LogP contribution in [-0.2, 0) is 35.8 Å². The van der Waals surface area contributed by atoms with Crippen LogP contribution in [0, 0.1) is 5.92 Å². The number of fused-ring (bicyclic) bond motifs is 4. The van der Waals surface area contributed by atoms with Crippen molar-refractivity contribution in [2.24, 2.45) is 5.92 Å². The fourth-order valence-corrected chi connectivity index (χ4v) is 6.93. The number of carbonyl (C=O) groups excluding carboxylic acids is 2. The third kappa shape index (κ3) is 5.27. The van der Waals surface area contributed by atoms with E-state index in [2.05, 4.69) is 18.7 Å². The van der Waals surface area contributed by atoms with E-state index in [1.807, 2.05) is 12.1 Å². The molecule has 1 aliphatic carbocycles. The Labute approximate surface area is 251 Å². The van der Waals surface area contributed by atoms with Crippen molar-refractivity contribution in [2.45, 2.75) is 62.9 Å². The van der Waals surface area contributed by atoms with Gasteiger partial charge in [-0.2, -0.15) is 0 Å². The topological polar surface area (TPSA) is 122 Å². The highest BCUT2D eigenvalue weighted by Gasteiger charge is 2.58. The molecule has 0 amide bonds. The molecule has 11 heteroatoms. The van der Waals surface area contributed by atoms with Gasteiger partial charge in [0, 0.05) is 37.1 Å². The van der Waals surface area contributed by atoms with Gasteiger partial charge in [0.05, 0.1) is 27.4 Å². The standard InChI is InChI=1S/C32H41NO10/c1-7-8-12-33-13-11-19-14-24-25(42-17-41-24)16-21(19)26-27(33)18(2)28(39-5)29(26)43-31(35)32(36,30(34)40-6)20-9-10-22(37-3)23(15-20)38-4/h9-10,14-16,18,26-29,36H,7-8,11-13,17H2,1-6H3/t18?,26-,27-,28?,29-,32+/m0/s1. The molecule has 1 fully saturated rings. The third-order valence-corrected chi connectivity index (χ3v) is 9.08. The maximum Gasteiger partial charge on any atom is 0.355 e. The van der Waals surface area contributed by atoms with Gasteiger partial charge in [-0.05, 0) is 54.8 Å². The van der Waals surface area contributed by atoms with Gasteiger partial charge in [-0.3, -0.25) is 4.90 Å². The Morgan fingerprint density at radius 3 is 2.37 bits per heavy atom. The number of hydrogen-bond donors (Lipinski definition) is 1. The number of carbonyl (C=O) groups is 2. The van der Waals surface area contributed by atoms with Crippen LogP contribution in [0.1, 0.15) is 49.3 Å². The first kappa shape index (κ1) is 30.9. The SMILES string of the molecule is CCCCN1CCc2cc3c(cc2[C@@H]2[C@H](OC(=O)[C@](O)(C(=O)OC)c4ccc(OC)c(OC)c4)C(OC)C(C)[C@@H]21)OCO3. The first-order chi connectivity index (χ1) is 20.7. The minimum atomic E-state index is -2.78. The van der Waals surface area contributed by atoms with Crippen LogP contribution < -0.4 is 18.9 Å². The highest BCUT2D eigenvalue weighted by Crippen LogP contribution is 2.50. The molecule has 0 radical (unpaired) electrons. The van der Waals surface area contributed by atoms with E-state index in [1.54, 1.807) is 7.11 Å². The van der Waals surface area contributed by atoms with Crippen LogP contribution in [0.3, 0.4) is 0 Å². The lowest BCUT2D eigenvalue weighted by atomic mass is 9.86. The van der Waals surface area contributed by atoms with Crippen LogP contribution in [0.15, 0.2) is 30.3 Å². The second-order valence-electron chi connectivity index (χ2n) is 11.3. The fraction of sp³-hybridized carbons (Fsp3) is 0.562. The molecule has 2 aromatic rings. The molecule has 0 bridgehead atoms. The molecule has 3 aliphatic rings. The highest BCUT2D eigenvalue weighted by molar-refractivity contribution is 6.04. The lowest BCUT2D eigenvalue weighted by Gasteiger charge is -2.34. The van der Waals surface area contributed by atoms with Crippen molar-refractivity contribution in [2.75, 3.05) is 48.3 Å². The van der Waals surface area contributed by atoms with Crippen molar-refractivity contribution in [3.63, 3.8) is 0 Å². The maximum atomic E-state index is 14.1. The summed E-state index contributed by atoms with van der Waals surface area (Å²) < 4.78 is 39.2. The Balaban J connectivity index is 1.59. The monoisotopic (exact) mass is 599 g/mol. The molecule has 1 saturated carbocycles. The molecule has 11 nitrogen and oxygen atoms in total. The number of benzene rings is 2. The van der Waals surface area contributed by atoms with E-state index in [4.69, 9.17) is 33.2 Å². The maximum absolute atomic E-state index is 14.1. The summed E-state index contributed by atoms with van der Waals surface area (Å²) in [7, 11) is 5.56. The Bertz CT molecular complexity index is 1350. The molecule has 1 N–H and O–H groups in total. The van der Waals surface area contributed by atoms with Crippen LogP contribution in [0.25, 0.3) is 0 Å². The summed E-state index contributed by atoms with van der Waals surface area (Å²) in [5.41, 5.74) is -0.803. The van der Waals surface area contributed by atoms with Crippen molar-refractivity contribution in [1.82, 2.24) is 4.90 Å². The molecule has 2 aromatic carbocycles. The Morgan fingerprint density at radius 2 is 1.72 bits per heavy atom. The minimum absolute atomic E-state index is 0.0387. The Morgan fingerprint density at radius 1 is 1.00 bits per heavy atom. The molecule has 5 rings (SSSR count). The van der Waals surface area contributed by atoms with Gasteiger partial charge in [-0.25, -0.2) is 9.59 Å². The zero-order chi connectivity index (χ0) is 30.9. The molecule has 2 heterocycles. The molecule has 0 spiro atoms. The van der Waals surface area contributed by atoms with Crippen molar-refractivity contribution >= 4 is 11.9 Å². The molecular weight excluding hydrogens is 558 g/mol. The number of aliphatic hydroxyl groups is 1. The Hall–Kier alpha value is -3.54. The molecule has 6 atom stereocenters. The average molecular weight is 600 g/mol. The first-order valence-electron chi connectivity index (χ1n) is 14.7. The quantitative estimate of drug-likeness (QED) is 0.320. The largest absolute Gasteiger partial charge is 0.493 e. The zero-order valence-corrected chi connectivity index (χ0v) is 25.6. The summed E-state index contributed by atoms with van der Waals surface area (Å²) in [6, 6.07) is 8.21. The molecular formula is C32H41NO10. The van der Waals surface area contributed by atoms with Crippen LogP contribution in [0.2, 0.25) is 0 Å². The zero-order valence-electron chi connectivity index (χ0n) is 25.6. The van der Waals surface area contributed by atoms with E-state index in [0.29, 0.717) is 17.2 Å². The van der Waals surface area contributed by atoms with Crippen LogP contribution in [0.4, 0.5) is 0 Å². The second kappa shape index (κ2) is 12.6. The molecule has 2 unspecified atom stereocenters. The smallest absolute Gasteiger partial charge is 0.355 e. The number of rotatable bonds is 10. The Kier molecular flexibility index (Phi) is 9.05. The lowest BCUT2D eigenvalue weighted by Crippen LogP contribution is -2.49. The van der Waals surface area contributed by atoms with Crippen LogP contribution in [0.5, 0.6) is 23.0 Å². The van der Waals surface area contributed by atoms with E-state index in [1.165, 1.54) is 32.4 Å². The van der Waals surface area contributed by atoms with E-state index in [9.17, 15) is 14.7 Å². The summed E-state index contributed by atoms with van der Waals surface area (Å²) in [5.74, 6) is -0.829. The second-order valence-corrected chi connectivity index (χ2v) is 11.3. The molecule has 2 aliphatic heterocycles. The van der Waals surface area contributed by atoms with Crippen LogP contribution >= 0.6 is 0 Å². The minimum Gasteiger partial charge on any atom is -0.493 e. The number of ether oxygens (including phenoxy) is 7. The van der Waals surface area contributed by atoms with Gasteiger partial charge in [0.15, 0.2) is 23.0 Å². The predicted octanol–water partition coefficient (Wildman–Crippen LogP) is 3.18. The van der Waals surface area contributed by atoms with Gasteiger partial charge in [0.2, 0.25) is 6.79 Å². The van der Waals surface area contributed by atoms with Gasteiger partial charge in [-0.1, -0.05) is 26.3 Å². The van der Waals surface area contributed by atoms with E-state index >= 15 is 0 Å². The average Bonchev–Trinajstić information content (AvgIpc) is 3.55. The van der Waals surface area contributed by atoms with Crippen molar-refractivity contribution in [1.29, 1.82) is 0 Å². The molecule has 0 aromatic heterocycles. The summed E-state index contributed by atoms with van der Waals surface area (Å²) in [4.78, 5) is 29.7. The van der Waals surface area contributed by atoms with Gasteiger partial charge < -0.3 is 38.3 Å². The lowest BCUT2D eigenvalue weighted by molar-refractivity contribution is -0.191. The van der Waals surface area contributed by atoms with Crippen molar-refractivity contribution in [3.05, 3.63) is 47.0 Å². The van der Waals surface area contributed by atoms with E-state index in [-0.39, 0.29) is 36.0 Å². The van der Waals surface area contributed by atoms with E-state index < -0.39 is 29.7 Å². The normalized spacial score (nSPS) is 25.6. The fourth-order valence-electron chi connectivity index (χ4n) is 6.93. The first-order valence-corrected chi connectivity index (χ1v) is 14.7. The number of esters is 2. The van der Waals surface area contributed by atoms with Gasteiger partial charge in [0.25, 0.3) is 5.60 Å². The number of unbranched alkanes of at least 4 members (excludes halogenated alkanes) is 1. The number of hydrogen-bond acceptors (Lipinski definition) is 11. The summed E-state index contributed by atoms with van der Waals surface area (Å²) in [6.45, 7) is 6.08. The van der Waals surface area contributed by atoms with Crippen LogP contribution in [-0.4, -0.2) is 88.5 Å². The summed E-state index contributed by atoms with van der Waals surface area (Å²) >= 11 is 0. The number of methoxy groups -OCH3 is 4. The van der Waals surface area contributed by atoms with Gasteiger partial charge in [0.1, 0.15) is 6.10 Å².